The molecule has 0 bridgehead atoms. The number of hydroxylamine groups is 2. The number of amides is 3. The van der Waals surface area contributed by atoms with E-state index in [1.54, 1.807) is 30.3 Å². The van der Waals surface area contributed by atoms with Crippen LogP contribution in [0.4, 0.5) is 0 Å². The molecule has 260 valence electrons. The summed E-state index contributed by atoms with van der Waals surface area (Å²) in [5, 5.41) is 4.22. The lowest BCUT2D eigenvalue weighted by Crippen LogP contribution is -2.32. The van der Waals surface area contributed by atoms with Crippen LogP contribution in [-0.2, 0) is 50.8 Å². The first-order chi connectivity index (χ1) is 22.9. The Labute approximate surface area is 279 Å². The number of ether oxygens (including phenoxy) is 4. The number of hydrogen-bond donors (Lipinski definition) is 1. The molecule has 2 aromatic rings. The van der Waals surface area contributed by atoms with Gasteiger partial charge >= 0.3 is 5.97 Å². The van der Waals surface area contributed by atoms with Crippen molar-refractivity contribution in [2.75, 3.05) is 35.0 Å². The number of carbonyl (C=O) groups excluding carboxylic acids is 5. The van der Waals surface area contributed by atoms with Crippen LogP contribution < -0.4 is 24.3 Å². The van der Waals surface area contributed by atoms with Crippen LogP contribution in [0, 0.1) is 0 Å². The van der Waals surface area contributed by atoms with Gasteiger partial charge in [-0.25, -0.2) is 13.2 Å². The minimum Gasteiger partial charge on any atom is -0.496 e. The molecule has 0 spiro atoms. The Balaban J connectivity index is 1.48. The molecule has 3 rings (SSSR count). The topological polar surface area (TPSA) is 181 Å². The second-order valence-corrected chi connectivity index (χ2v) is 12.7. The second kappa shape index (κ2) is 17.8. The molecule has 2 aromatic carbocycles. The van der Waals surface area contributed by atoms with Crippen molar-refractivity contribution in [1.82, 2.24) is 10.4 Å². The van der Waals surface area contributed by atoms with E-state index in [9.17, 15) is 32.4 Å². The predicted molar refractivity (Wildman–Crippen MR) is 173 cm³/mol. The average molecular weight is 689 g/mol. The zero-order valence-corrected chi connectivity index (χ0v) is 28.2. The Kier molecular flexibility index (Phi) is 14.0. The summed E-state index contributed by atoms with van der Waals surface area (Å²) in [6, 6.07) is 8.09. The summed E-state index contributed by atoms with van der Waals surface area (Å²) in [6.45, 7) is 0.233. The number of ketones is 1. The summed E-state index contributed by atoms with van der Waals surface area (Å²) < 4.78 is 47.4. The standard InChI is InChI=1S/C33H40N2O12S/c1-43-25-19-28(45-3)26(29(20-25)46-4)14-16-48(41,42)21-22-10-11-27(44-2)23(17-22)18-24(36)7-6-15-34-30(37)8-5-9-33(40)47-35-31(38)12-13-32(35)39/h10-11,14,16-17,19-20H,5-9,12-13,15,18,21H2,1-4H3,(H,34,37)/b16-14+. The Morgan fingerprint density at radius 3 is 2.08 bits per heavy atom. The van der Waals surface area contributed by atoms with Crippen LogP contribution >= 0.6 is 0 Å². The molecule has 0 atom stereocenters. The number of hydrogen-bond acceptors (Lipinski definition) is 12. The van der Waals surface area contributed by atoms with Gasteiger partial charge in [-0.1, -0.05) is 12.1 Å². The minimum atomic E-state index is -3.75. The highest BCUT2D eigenvalue weighted by Crippen LogP contribution is 2.35. The molecule has 0 unspecified atom stereocenters. The van der Waals surface area contributed by atoms with E-state index in [1.165, 1.54) is 34.5 Å². The third-order valence-electron chi connectivity index (χ3n) is 7.23. The van der Waals surface area contributed by atoms with Crippen LogP contribution in [0.15, 0.2) is 35.7 Å². The maximum Gasteiger partial charge on any atom is 0.333 e. The maximum atomic E-state index is 13.0. The molecular weight excluding hydrogens is 648 g/mol. The lowest BCUT2D eigenvalue weighted by Gasteiger charge is -2.13. The third-order valence-corrected chi connectivity index (χ3v) is 8.52. The van der Waals surface area contributed by atoms with Gasteiger partial charge in [0, 0.05) is 68.2 Å². The third kappa shape index (κ3) is 11.1. The lowest BCUT2D eigenvalue weighted by atomic mass is 10.0. The molecule has 0 radical (unpaired) electrons. The number of carbonyl (C=O) groups is 5. The fourth-order valence-electron chi connectivity index (χ4n) is 4.81. The molecule has 1 heterocycles. The number of benzene rings is 2. The number of rotatable bonds is 19. The highest BCUT2D eigenvalue weighted by atomic mass is 32.2. The van der Waals surface area contributed by atoms with Gasteiger partial charge in [-0.15, -0.1) is 5.06 Å². The van der Waals surface area contributed by atoms with Gasteiger partial charge < -0.3 is 29.1 Å². The highest BCUT2D eigenvalue weighted by molar-refractivity contribution is 7.93. The molecule has 1 aliphatic rings. The first-order valence-electron chi connectivity index (χ1n) is 15.1. The van der Waals surface area contributed by atoms with Crippen molar-refractivity contribution in [3.05, 3.63) is 52.4 Å². The molecule has 15 heteroatoms. The van der Waals surface area contributed by atoms with Crippen molar-refractivity contribution >= 4 is 45.4 Å². The number of imide groups is 1. The first kappa shape index (κ1) is 37.5. The quantitative estimate of drug-likeness (QED) is 0.169. The average Bonchev–Trinajstić information content (AvgIpc) is 3.37. The first-order valence-corrected chi connectivity index (χ1v) is 16.8. The van der Waals surface area contributed by atoms with Crippen LogP contribution in [0.1, 0.15) is 61.6 Å². The maximum absolute atomic E-state index is 13.0. The molecule has 1 fully saturated rings. The molecule has 14 nitrogen and oxygen atoms in total. The van der Waals surface area contributed by atoms with E-state index in [1.807, 2.05) is 0 Å². The number of methoxy groups -OCH3 is 4. The summed E-state index contributed by atoms with van der Waals surface area (Å²) in [5.74, 6) is -1.03. The smallest absolute Gasteiger partial charge is 0.333 e. The van der Waals surface area contributed by atoms with Gasteiger partial charge in [0.2, 0.25) is 5.91 Å². The summed E-state index contributed by atoms with van der Waals surface area (Å²) in [5.41, 5.74) is 1.43. The Bertz CT molecular complexity index is 1610. The fraction of sp³-hybridized carbons (Fsp3) is 0.424. The van der Waals surface area contributed by atoms with Gasteiger partial charge in [-0.05, 0) is 30.5 Å². The molecule has 1 N–H and O–H groups in total. The van der Waals surface area contributed by atoms with Gasteiger partial charge in [-0.2, -0.15) is 0 Å². The van der Waals surface area contributed by atoms with Crippen LogP contribution in [0.2, 0.25) is 0 Å². The summed E-state index contributed by atoms with van der Waals surface area (Å²) in [6.07, 6.45) is 1.96. The van der Waals surface area contributed by atoms with Crippen molar-refractivity contribution in [3.8, 4) is 23.0 Å². The van der Waals surface area contributed by atoms with Crippen molar-refractivity contribution in [1.29, 1.82) is 0 Å². The van der Waals surface area contributed by atoms with Crippen LogP contribution in [-0.4, -0.2) is 77.9 Å². The molecule has 0 aromatic heterocycles. The van der Waals surface area contributed by atoms with Crippen LogP contribution in [0.5, 0.6) is 23.0 Å². The summed E-state index contributed by atoms with van der Waals surface area (Å²) >= 11 is 0. The normalized spacial score (nSPS) is 13.0. The highest BCUT2D eigenvalue weighted by Gasteiger charge is 2.32. The van der Waals surface area contributed by atoms with Crippen LogP contribution in [0.3, 0.4) is 0 Å². The van der Waals surface area contributed by atoms with Crippen molar-refractivity contribution < 1.29 is 56.2 Å². The van der Waals surface area contributed by atoms with Crippen molar-refractivity contribution in [2.24, 2.45) is 0 Å². The number of nitrogens with one attached hydrogen (secondary N) is 1. The molecule has 0 aliphatic carbocycles. The van der Waals surface area contributed by atoms with Crippen molar-refractivity contribution in [2.45, 2.75) is 57.1 Å². The zero-order chi connectivity index (χ0) is 35.3. The molecule has 3 amide bonds. The van der Waals surface area contributed by atoms with E-state index in [0.717, 1.165) is 5.41 Å². The van der Waals surface area contributed by atoms with E-state index in [0.29, 0.717) is 51.2 Å². The Morgan fingerprint density at radius 1 is 0.833 bits per heavy atom. The second-order valence-electron chi connectivity index (χ2n) is 10.8. The van der Waals surface area contributed by atoms with E-state index >= 15 is 0 Å². The zero-order valence-electron chi connectivity index (χ0n) is 27.4. The van der Waals surface area contributed by atoms with Gasteiger partial charge in [-0.3, -0.25) is 19.2 Å². The summed E-state index contributed by atoms with van der Waals surface area (Å²) in [7, 11) is 2.10. The monoisotopic (exact) mass is 688 g/mol. The molecular formula is C33H40N2O12S. The van der Waals surface area contributed by atoms with E-state index < -0.39 is 27.6 Å². The van der Waals surface area contributed by atoms with E-state index in [2.05, 4.69) is 5.32 Å². The number of sulfone groups is 1. The Hall–Kier alpha value is -4.92. The van der Waals surface area contributed by atoms with Crippen LogP contribution in [0.25, 0.3) is 6.08 Å². The number of Topliss-reactive ketones (excluding diaryl/α,β-unsaturated/α-hetero) is 1. The SMILES string of the molecule is COc1cc(OC)c(/C=C/S(=O)(=O)Cc2ccc(OC)c(CC(=O)CCCNC(=O)CCCC(=O)ON3C(=O)CCC3=O)c2)c(OC)c1. The number of nitrogens with zero attached hydrogens (tertiary/aromatic N) is 1. The molecule has 0 saturated carbocycles. The largest absolute Gasteiger partial charge is 0.496 e. The Morgan fingerprint density at radius 2 is 1.48 bits per heavy atom. The molecule has 48 heavy (non-hydrogen) atoms. The van der Waals surface area contributed by atoms with Gasteiger partial charge in [0.1, 0.15) is 28.8 Å². The predicted octanol–water partition coefficient (Wildman–Crippen LogP) is 3.09. The lowest BCUT2D eigenvalue weighted by molar-refractivity contribution is -0.197. The van der Waals surface area contributed by atoms with Gasteiger partial charge in [0.05, 0.1) is 39.8 Å². The van der Waals surface area contributed by atoms with E-state index in [4.69, 9.17) is 23.8 Å². The van der Waals surface area contributed by atoms with Crippen molar-refractivity contribution in [3.63, 3.8) is 0 Å². The molecule has 1 saturated heterocycles. The van der Waals surface area contributed by atoms with Gasteiger partial charge in [0.15, 0.2) is 9.84 Å². The fourth-order valence-corrected chi connectivity index (χ4v) is 5.89. The molecule has 1 aliphatic heterocycles. The van der Waals surface area contributed by atoms with E-state index in [-0.39, 0.29) is 68.9 Å². The summed E-state index contributed by atoms with van der Waals surface area (Å²) in [4.78, 5) is 64.5. The van der Waals surface area contributed by atoms with Gasteiger partial charge in [0.25, 0.3) is 11.8 Å². The minimum absolute atomic E-state index is 0.00101.